The van der Waals surface area contributed by atoms with Crippen LogP contribution in [0, 0.1) is 5.92 Å². The fourth-order valence-corrected chi connectivity index (χ4v) is 2.99. The average molecular weight is 227 g/mol. The molecular weight excluding hydrogens is 202 g/mol. The summed E-state index contributed by atoms with van der Waals surface area (Å²) in [6.45, 7) is 8.01. The molecule has 2 atom stereocenters. The molecule has 1 aliphatic rings. The topological polar surface area (TPSA) is 40.5 Å². The lowest BCUT2D eigenvalue weighted by molar-refractivity contribution is -0.152. The Hall–Kier alpha value is -0.570. The molecule has 0 aliphatic heterocycles. The van der Waals surface area contributed by atoms with Gasteiger partial charge in [-0.15, -0.1) is 0 Å². The van der Waals surface area contributed by atoms with Gasteiger partial charge in [0.15, 0.2) is 0 Å². The van der Waals surface area contributed by atoms with Crippen molar-refractivity contribution in [3.8, 4) is 0 Å². The standard InChI is InChI=1S/C13H25NO2/c1-4-14(5-2)13(12(15)16)9-6-7-11(3)8-10-13/h11H,4-10H2,1-3H3,(H,15,16). The second-order valence-corrected chi connectivity index (χ2v) is 5.05. The summed E-state index contributed by atoms with van der Waals surface area (Å²) >= 11 is 0. The monoisotopic (exact) mass is 227 g/mol. The van der Waals surface area contributed by atoms with Gasteiger partial charge in [0.25, 0.3) is 0 Å². The zero-order chi connectivity index (χ0) is 12.2. The lowest BCUT2D eigenvalue weighted by Crippen LogP contribution is -2.54. The minimum atomic E-state index is -0.620. The summed E-state index contributed by atoms with van der Waals surface area (Å²) in [6.07, 6.45) is 4.89. The van der Waals surface area contributed by atoms with E-state index in [9.17, 15) is 9.90 Å². The van der Waals surface area contributed by atoms with Crippen LogP contribution in [0.3, 0.4) is 0 Å². The van der Waals surface area contributed by atoms with Crippen LogP contribution in [-0.4, -0.2) is 34.6 Å². The molecule has 0 spiro atoms. The lowest BCUT2D eigenvalue weighted by Gasteiger charge is -2.39. The number of hydrogen-bond acceptors (Lipinski definition) is 2. The molecular formula is C13H25NO2. The highest BCUT2D eigenvalue weighted by Crippen LogP contribution is 2.35. The van der Waals surface area contributed by atoms with Gasteiger partial charge in [-0.1, -0.05) is 33.6 Å². The largest absolute Gasteiger partial charge is 0.480 e. The first-order chi connectivity index (χ1) is 7.56. The van der Waals surface area contributed by atoms with E-state index in [0.717, 1.165) is 38.8 Å². The van der Waals surface area contributed by atoms with Crippen LogP contribution in [0.2, 0.25) is 0 Å². The molecule has 0 amide bonds. The Kier molecular flexibility index (Phi) is 4.78. The van der Waals surface area contributed by atoms with Gasteiger partial charge in [0, 0.05) is 0 Å². The van der Waals surface area contributed by atoms with Crippen LogP contribution < -0.4 is 0 Å². The molecule has 2 unspecified atom stereocenters. The zero-order valence-corrected chi connectivity index (χ0v) is 10.8. The maximum Gasteiger partial charge on any atom is 0.324 e. The average Bonchev–Trinajstić information content (AvgIpc) is 2.44. The van der Waals surface area contributed by atoms with E-state index < -0.39 is 11.5 Å². The molecule has 1 rings (SSSR count). The number of aliphatic carboxylic acids is 1. The van der Waals surface area contributed by atoms with Crippen LogP contribution in [0.25, 0.3) is 0 Å². The number of nitrogens with zero attached hydrogens (tertiary/aromatic N) is 1. The van der Waals surface area contributed by atoms with Gasteiger partial charge in [-0.05, 0) is 38.3 Å². The summed E-state index contributed by atoms with van der Waals surface area (Å²) in [4.78, 5) is 13.8. The summed E-state index contributed by atoms with van der Waals surface area (Å²) in [5.74, 6) is 0.0575. The molecule has 1 aliphatic carbocycles. The number of carbonyl (C=O) groups is 1. The third kappa shape index (κ3) is 2.57. The van der Waals surface area contributed by atoms with Crippen molar-refractivity contribution >= 4 is 5.97 Å². The molecule has 0 saturated heterocycles. The Balaban J connectivity index is 2.90. The molecule has 3 heteroatoms. The Morgan fingerprint density at radius 3 is 2.44 bits per heavy atom. The number of likely N-dealkylation sites (N-methyl/N-ethyl adjacent to an activating group) is 1. The first-order valence-electron chi connectivity index (χ1n) is 6.55. The highest BCUT2D eigenvalue weighted by atomic mass is 16.4. The molecule has 0 aromatic heterocycles. The molecule has 0 heterocycles. The van der Waals surface area contributed by atoms with Gasteiger partial charge in [0.1, 0.15) is 5.54 Å². The van der Waals surface area contributed by atoms with E-state index in [2.05, 4.69) is 25.7 Å². The van der Waals surface area contributed by atoms with Crippen LogP contribution in [0.15, 0.2) is 0 Å². The molecule has 0 bridgehead atoms. The van der Waals surface area contributed by atoms with E-state index >= 15 is 0 Å². The quantitative estimate of drug-likeness (QED) is 0.751. The Morgan fingerprint density at radius 2 is 1.94 bits per heavy atom. The normalized spacial score (nSPS) is 31.4. The summed E-state index contributed by atoms with van der Waals surface area (Å²) in [7, 11) is 0. The smallest absolute Gasteiger partial charge is 0.324 e. The highest BCUT2D eigenvalue weighted by Gasteiger charge is 2.43. The van der Waals surface area contributed by atoms with E-state index in [1.54, 1.807) is 0 Å². The van der Waals surface area contributed by atoms with Crippen molar-refractivity contribution in [2.24, 2.45) is 5.92 Å². The van der Waals surface area contributed by atoms with Gasteiger partial charge in [-0.2, -0.15) is 0 Å². The predicted molar refractivity (Wildman–Crippen MR) is 65.5 cm³/mol. The third-order valence-electron chi connectivity index (χ3n) is 4.10. The van der Waals surface area contributed by atoms with Crippen LogP contribution in [-0.2, 0) is 4.79 Å². The third-order valence-corrected chi connectivity index (χ3v) is 4.10. The van der Waals surface area contributed by atoms with Crippen molar-refractivity contribution < 1.29 is 9.90 Å². The summed E-state index contributed by atoms with van der Waals surface area (Å²) in [6, 6.07) is 0. The molecule has 16 heavy (non-hydrogen) atoms. The van der Waals surface area contributed by atoms with Gasteiger partial charge < -0.3 is 5.11 Å². The highest BCUT2D eigenvalue weighted by molar-refractivity contribution is 5.78. The van der Waals surface area contributed by atoms with Crippen LogP contribution in [0.1, 0.15) is 52.9 Å². The molecule has 0 radical (unpaired) electrons. The molecule has 0 aromatic carbocycles. The molecule has 94 valence electrons. The van der Waals surface area contributed by atoms with E-state index in [1.807, 2.05) is 0 Å². The van der Waals surface area contributed by atoms with Gasteiger partial charge >= 0.3 is 5.97 Å². The van der Waals surface area contributed by atoms with E-state index in [0.29, 0.717) is 5.92 Å². The van der Waals surface area contributed by atoms with Gasteiger partial charge in [0.2, 0.25) is 0 Å². The Bertz CT molecular complexity index is 238. The van der Waals surface area contributed by atoms with E-state index in [4.69, 9.17) is 0 Å². The van der Waals surface area contributed by atoms with E-state index in [-0.39, 0.29) is 0 Å². The fraction of sp³-hybridized carbons (Fsp3) is 0.923. The van der Waals surface area contributed by atoms with Crippen molar-refractivity contribution in [2.45, 2.75) is 58.4 Å². The maximum absolute atomic E-state index is 11.7. The minimum Gasteiger partial charge on any atom is -0.480 e. The fourth-order valence-electron chi connectivity index (χ4n) is 2.99. The van der Waals surface area contributed by atoms with Gasteiger partial charge in [-0.3, -0.25) is 9.69 Å². The first kappa shape index (κ1) is 13.5. The summed E-state index contributed by atoms with van der Waals surface area (Å²) < 4.78 is 0. The molecule has 1 saturated carbocycles. The maximum atomic E-state index is 11.7. The number of carboxylic acids is 1. The van der Waals surface area contributed by atoms with Crippen molar-refractivity contribution in [3.05, 3.63) is 0 Å². The van der Waals surface area contributed by atoms with Crippen LogP contribution in [0.5, 0.6) is 0 Å². The number of rotatable bonds is 4. The lowest BCUT2D eigenvalue weighted by atomic mass is 9.87. The summed E-state index contributed by atoms with van der Waals surface area (Å²) in [5.41, 5.74) is -0.589. The minimum absolute atomic E-state index is 0.589. The molecule has 0 aromatic rings. The predicted octanol–water partition coefficient (Wildman–Crippen LogP) is 2.75. The molecule has 1 fully saturated rings. The van der Waals surface area contributed by atoms with Crippen LogP contribution >= 0.6 is 0 Å². The second kappa shape index (κ2) is 5.67. The molecule has 1 N–H and O–H groups in total. The summed E-state index contributed by atoms with van der Waals surface area (Å²) in [5, 5.41) is 9.59. The van der Waals surface area contributed by atoms with Crippen molar-refractivity contribution in [1.29, 1.82) is 0 Å². The van der Waals surface area contributed by atoms with Crippen molar-refractivity contribution in [2.75, 3.05) is 13.1 Å². The first-order valence-corrected chi connectivity index (χ1v) is 6.55. The second-order valence-electron chi connectivity index (χ2n) is 5.05. The zero-order valence-electron chi connectivity index (χ0n) is 10.8. The van der Waals surface area contributed by atoms with Crippen molar-refractivity contribution in [3.63, 3.8) is 0 Å². The SMILES string of the molecule is CCN(CC)C1(C(=O)O)CCCC(C)CC1. The van der Waals surface area contributed by atoms with Crippen molar-refractivity contribution in [1.82, 2.24) is 4.90 Å². The van der Waals surface area contributed by atoms with Gasteiger partial charge in [-0.25, -0.2) is 0 Å². The Labute approximate surface area is 98.8 Å². The number of hydrogen-bond donors (Lipinski definition) is 1. The van der Waals surface area contributed by atoms with Gasteiger partial charge in [0.05, 0.1) is 0 Å². The molecule has 3 nitrogen and oxygen atoms in total. The number of carboxylic acid groups (broad SMARTS) is 1. The van der Waals surface area contributed by atoms with Crippen LogP contribution in [0.4, 0.5) is 0 Å². The van der Waals surface area contributed by atoms with E-state index in [1.165, 1.54) is 6.42 Å². The Morgan fingerprint density at radius 1 is 1.31 bits per heavy atom.